The summed E-state index contributed by atoms with van der Waals surface area (Å²) >= 11 is 0. The standard InChI is InChI=1S/C15H22N2O/c1-5-10(2)18-12-6-7-15-13(8-12)14(9-16)11(3)17(15)4/h6-8,10H,5,9,16H2,1-4H3/t10-/m0/s1. The number of hydrogen-bond donors (Lipinski definition) is 1. The minimum atomic E-state index is 0.244. The minimum absolute atomic E-state index is 0.244. The Hall–Kier alpha value is -1.48. The van der Waals surface area contributed by atoms with Gasteiger partial charge in [0.25, 0.3) is 0 Å². The summed E-state index contributed by atoms with van der Waals surface area (Å²) in [7, 11) is 2.08. The number of ether oxygens (including phenoxy) is 1. The smallest absolute Gasteiger partial charge is 0.120 e. The molecule has 0 bridgehead atoms. The van der Waals surface area contributed by atoms with Gasteiger partial charge in [0.05, 0.1) is 6.10 Å². The van der Waals surface area contributed by atoms with Crippen LogP contribution in [0.4, 0.5) is 0 Å². The van der Waals surface area contributed by atoms with E-state index in [9.17, 15) is 0 Å². The molecular weight excluding hydrogens is 224 g/mol. The van der Waals surface area contributed by atoms with Crippen molar-refractivity contribution < 1.29 is 4.74 Å². The topological polar surface area (TPSA) is 40.2 Å². The predicted molar refractivity (Wildman–Crippen MR) is 75.9 cm³/mol. The first-order valence-corrected chi connectivity index (χ1v) is 6.53. The van der Waals surface area contributed by atoms with Crippen molar-refractivity contribution in [2.45, 2.75) is 39.8 Å². The summed E-state index contributed by atoms with van der Waals surface area (Å²) in [5.41, 5.74) is 9.51. The Morgan fingerprint density at radius 3 is 2.72 bits per heavy atom. The molecular formula is C15H22N2O. The van der Waals surface area contributed by atoms with Crippen LogP contribution in [0.25, 0.3) is 10.9 Å². The average Bonchev–Trinajstić information content (AvgIpc) is 2.61. The van der Waals surface area contributed by atoms with Crippen LogP contribution in [0.15, 0.2) is 18.2 Å². The maximum Gasteiger partial charge on any atom is 0.120 e. The Kier molecular flexibility index (Phi) is 3.62. The molecule has 3 heteroatoms. The van der Waals surface area contributed by atoms with Crippen LogP contribution in [0.2, 0.25) is 0 Å². The van der Waals surface area contributed by atoms with Crippen molar-refractivity contribution >= 4 is 10.9 Å². The molecule has 0 amide bonds. The molecule has 0 aliphatic rings. The third-order valence-corrected chi connectivity index (χ3v) is 3.71. The highest BCUT2D eigenvalue weighted by molar-refractivity contribution is 5.86. The normalized spacial score (nSPS) is 12.9. The van der Waals surface area contributed by atoms with E-state index >= 15 is 0 Å². The predicted octanol–water partition coefficient (Wildman–Crippen LogP) is 3.12. The minimum Gasteiger partial charge on any atom is -0.491 e. The number of nitrogens with two attached hydrogens (primary N) is 1. The number of hydrogen-bond acceptors (Lipinski definition) is 2. The van der Waals surface area contributed by atoms with Gasteiger partial charge in [-0.05, 0) is 44.0 Å². The Morgan fingerprint density at radius 1 is 1.39 bits per heavy atom. The van der Waals surface area contributed by atoms with Gasteiger partial charge in [0.1, 0.15) is 5.75 Å². The van der Waals surface area contributed by atoms with Crippen LogP contribution >= 0.6 is 0 Å². The average molecular weight is 246 g/mol. The van der Waals surface area contributed by atoms with E-state index in [1.807, 2.05) is 6.07 Å². The Balaban J connectivity index is 2.50. The molecule has 0 aliphatic carbocycles. The van der Waals surface area contributed by atoms with Gasteiger partial charge in [-0.15, -0.1) is 0 Å². The lowest BCUT2D eigenvalue weighted by molar-refractivity contribution is 0.217. The molecule has 1 aromatic carbocycles. The second kappa shape index (κ2) is 5.02. The summed E-state index contributed by atoms with van der Waals surface area (Å²) in [4.78, 5) is 0. The molecule has 2 rings (SSSR count). The van der Waals surface area contributed by atoms with Crippen LogP contribution in [-0.4, -0.2) is 10.7 Å². The van der Waals surface area contributed by atoms with Gasteiger partial charge >= 0.3 is 0 Å². The third-order valence-electron chi connectivity index (χ3n) is 3.71. The van der Waals surface area contributed by atoms with Crippen molar-refractivity contribution in [2.24, 2.45) is 12.8 Å². The molecule has 0 radical (unpaired) electrons. The zero-order valence-electron chi connectivity index (χ0n) is 11.7. The fraction of sp³-hybridized carbons (Fsp3) is 0.467. The van der Waals surface area contributed by atoms with E-state index in [4.69, 9.17) is 10.5 Å². The largest absolute Gasteiger partial charge is 0.491 e. The highest BCUT2D eigenvalue weighted by Crippen LogP contribution is 2.28. The second-order valence-electron chi connectivity index (χ2n) is 4.84. The van der Waals surface area contributed by atoms with Gasteiger partial charge in [0.2, 0.25) is 0 Å². The molecule has 2 N–H and O–H groups in total. The molecule has 0 saturated heterocycles. The zero-order valence-corrected chi connectivity index (χ0v) is 11.7. The number of fused-ring (bicyclic) bond motifs is 1. The highest BCUT2D eigenvalue weighted by Gasteiger charge is 2.12. The van der Waals surface area contributed by atoms with Gasteiger partial charge in [-0.1, -0.05) is 6.92 Å². The molecule has 0 saturated carbocycles. The summed E-state index contributed by atoms with van der Waals surface area (Å²) in [6, 6.07) is 6.25. The quantitative estimate of drug-likeness (QED) is 0.900. The van der Waals surface area contributed by atoms with Gasteiger partial charge < -0.3 is 15.0 Å². The van der Waals surface area contributed by atoms with Gasteiger partial charge in [-0.3, -0.25) is 0 Å². The van der Waals surface area contributed by atoms with Crippen molar-refractivity contribution in [3.05, 3.63) is 29.5 Å². The number of nitrogens with zero attached hydrogens (tertiary/aromatic N) is 1. The van der Waals surface area contributed by atoms with Crippen LogP contribution in [0, 0.1) is 6.92 Å². The molecule has 2 aromatic rings. The second-order valence-corrected chi connectivity index (χ2v) is 4.84. The molecule has 1 aromatic heterocycles. The molecule has 98 valence electrons. The van der Waals surface area contributed by atoms with Crippen molar-refractivity contribution in [1.82, 2.24) is 4.57 Å². The molecule has 0 spiro atoms. The first-order valence-electron chi connectivity index (χ1n) is 6.53. The van der Waals surface area contributed by atoms with Gasteiger partial charge in [-0.2, -0.15) is 0 Å². The molecule has 0 aliphatic heterocycles. The zero-order chi connectivity index (χ0) is 13.3. The molecule has 3 nitrogen and oxygen atoms in total. The van der Waals surface area contributed by atoms with E-state index in [1.165, 1.54) is 22.2 Å². The molecule has 0 unspecified atom stereocenters. The summed E-state index contributed by atoms with van der Waals surface area (Å²) in [5, 5.41) is 1.21. The van der Waals surface area contributed by atoms with Crippen molar-refractivity contribution in [2.75, 3.05) is 0 Å². The lowest BCUT2D eigenvalue weighted by Gasteiger charge is -2.12. The van der Waals surface area contributed by atoms with Crippen molar-refractivity contribution in [3.8, 4) is 5.75 Å². The Bertz CT molecular complexity index is 557. The first kappa shape index (κ1) is 13.0. The highest BCUT2D eigenvalue weighted by atomic mass is 16.5. The third kappa shape index (κ3) is 2.10. The maximum absolute atomic E-state index is 5.87. The van der Waals surface area contributed by atoms with Crippen LogP contribution in [-0.2, 0) is 13.6 Å². The summed E-state index contributed by atoms with van der Waals surface area (Å²) in [6.45, 7) is 6.89. The van der Waals surface area contributed by atoms with Crippen LogP contribution in [0.1, 0.15) is 31.5 Å². The monoisotopic (exact) mass is 246 g/mol. The lowest BCUT2D eigenvalue weighted by atomic mass is 10.1. The fourth-order valence-electron chi connectivity index (χ4n) is 2.27. The van der Waals surface area contributed by atoms with Crippen LogP contribution in [0.3, 0.4) is 0 Å². The van der Waals surface area contributed by atoms with Gasteiger partial charge in [-0.25, -0.2) is 0 Å². The fourth-order valence-corrected chi connectivity index (χ4v) is 2.27. The number of aryl methyl sites for hydroxylation is 1. The number of aromatic nitrogens is 1. The van der Waals surface area contributed by atoms with Crippen LogP contribution < -0.4 is 10.5 Å². The SMILES string of the molecule is CC[C@H](C)Oc1ccc2c(c1)c(CN)c(C)n2C. The van der Waals surface area contributed by atoms with Crippen molar-refractivity contribution in [1.29, 1.82) is 0 Å². The van der Waals surface area contributed by atoms with Crippen molar-refractivity contribution in [3.63, 3.8) is 0 Å². The number of rotatable bonds is 4. The molecule has 1 heterocycles. The van der Waals surface area contributed by atoms with Crippen LogP contribution in [0.5, 0.6) is 5.75 Å². The molecule has 18 heavy (non-hydrogen) atoms. The van der Waals surface area contributed by atoms with Gasteiger partial charge in [0, 0.05) is 30.2 Å². The Morgan fingerprint density at radius 2 is 2.11 bits per heavy atom. The lowest BCUT2D eigenvalue weighted by Crippen LogP contribution is -2.09. The summed E-state index contributed by atoms with van der Waals surface area (Å²) in [5.74, 6) is 0.928. The van der Waals surface area contributed by atoms with E-state index in [0.29, 0.717) is 6.54 Å². The number of benzene rings is 1. The van der Waals surface area contributed by atoms with E-state index < -0.39 is 0 Å². The van der Waals surface area contributed by atoms with E-state index in [2.05, 4.69) is 44.5 Å². The van der Waals surface area contributed by atoms with Gasteiger partial charge in [0.15, 0.2) is 0 Å². The summed E-state index contributed by atoms with van der Waals surface area (Å²) in [6.07, 6.45) is 1.25. The van der Waals surface area contributed by atoms with E-state index in [0.717, 1.165) is 12.2 Å². The Labute approximate surface area is 109 Å². The molecule has 0 fully saturated rings. The molecule has 1 atom stereocenters. The summed E-state index contributed by atoms with van der Waals surface area (Å²) < 4.78 is 8.06. The first-order chi connectivity index (χ1) is 8.58. The maximum atomic E-state index is 5.87. The van der Waals surface area contributed by atoms with E-state index in [-0.39, 0.29) is 6.10 Å². The van der Waals surface area contributed by atoms with E-state index in [1.54, 1.807) is 0 Å².